The number of nitrogens with one attached hydrogen (secondary N) is 1. The molecule has 4 rings (SSSR count). The maximum atomic E-state index is 12.8. The van der Waals surface area contributed by atoms with E-state index in [4.69, 9.17) is 9.26 Å². The number of benzene rings is 2. The van der Waals surface area contributed by atoms with Gasteiger partial charge in [0.2, 0.25) is 11.7 Å². The number of aromatic nitrogens is 2. The largest absolute Gasteiger partial charge is 0.494 e. The lowest BCUT2D eigenvalue weighted by atomic mass is 10.2. The first kappa shape index (κ1) is 19.4. The van der Waals surface area contributed by atoms with Crippen LogP contribution in [-0.2, 0) is 0 Å². The number of anilines is 1. The lowest BCUT2D eigenvalue weighted by Gasteiger charge is -2.22. The van der Waals surface area contributed by atoms with Gasteiger partial charge in [-0.25, -0.2) is 4.79 Å². The van der Waals surface area contributed by atoms with E-state index in [1.807, 2.05) is 55.5 Å². The van der Waals surface area contributed by atoms with E-state index in [0.29, 0.717) is 30.6 Å². The number of ether oxygens (including phenoxy) is 1. The average Bonchev–Trinajstić information content (AvgIpc) is 3.40. The lowest BCUT2D eigenvalue weighted by Crippen LogP contribution is -2.34. The van der Waals surface area contributed by atoms with Crippen LogP contribution < -0.4 is 10.1 Å². The van der Waals surface area contributed by atoms with E-state index in [1.54, 1.807) is 4.90 Å². The monoisotopic (exact) mass is 456 g/mol. The second kappa shape index (κ2) is 8.65. The molecule has 0 radical (unpaired) electrons. The quantitative estimate of drug-likeness (QED) is 0.565. The molecule has 1 aromatic heterocycles. The third-order valence-corrected chi connectivity index (χ3v) is 5.29. The van der Waals surface area contributed by atoms with E-state index in [9.17, 15) is 4.79 Å². The van der Waals surface area contributed by atoms with E-state index in [-0.39, 0.29) is 12.1 Å². The van der Waals surface area contributed by atoms with Crippen LogP contribution in [0.25, 0.3) is 11.4 Å². The van der Waals surface area contributed by atoms with Gasteiger partial charge in [-0.15, -0.1) is 0 Å². The predicted octanol–water partition coefficient (Wildman–Crippen LogP) is 5.27. The summed E-state index contributed by atoms with van der Waals surface area (Å²) in [6.07, 6.45) is 1.68. The van der Waals surface area contributed by atoms with Gasteiger partial charge in [-0.2, -0.15) is 4.98 Å². The number of amides is 2. The number of likely N-dealkylation sites (tertiary alicyclic amines) is 1. The Hall–Kier alpha value is -2.87. The van der Waals surface area contributed by atoms with E-state index in [2.05, 4.69) is 31.4 Å². The Morgan fingerprint density at radius 3 is 2.72 bits per heavy atom. The summed E-state index contributed by atoms with van der Waals surface area (Å²) in [7, 11) is 0. The maximum absolute atomic E-state index is 12.8. The van der Waals surface area contributed by atoms with Crippen molar-refractivity contribution in [1.29, 1.82) is 0 Å². The molecule has 0 bridgehead atoms. The van der Waals surface area contributed by atoms with E-state index >= 15 is 0 Å². The highest BCUT2D eigenvalue weighted by Crippen LogP contribution is 2.32. The van der Waals surface area contributed by atoms with Gasteiger partial charge in [0.15, 0.2) is 0 Å². The summed E-state index contributed by atoms with van der Waals surface area (Å²) in [6.45, 7) is 3.18. The molecule has 0 spiro atoms. The first-order valence-electron chi connectivity index (χ1n) is 9.54. The molecule has 0 aliphatic carbocycles. The summed E-state index contributed by atoms with van der Waals surface area (Å²) in [5, 5.41) is 7.03. The summed E-state index contributed by atoms with van der Waals surface area (Å²) in [4.78, 5) is 19.1. The van der Waals surface area contributed by atoms with Crippen molar-refractivity contribution in [3.05, 3.63) is 58.9 Å². The fraction of sp³-hybridized carbons (Fsp3) is 0.286. The molecule has 2 aromatic carbocycles. The molecule has 3 aromatic rings. The van der Waals surface area contributed by atoms with Crippen LogP contribution in [0, 0.1) is 0 Å². The van der Waals surface area contributed by atoms with Crippen molar-refractivity contribution in [3.63, 3.8) is 0 Å². The van der Waals surface area contributed by atoms with Gasteiger partial charge in [-0.1, -0.05) is 21.1 Å². The fourth-order valence-electron chi connectivity index (χ4n) is 3.35. The summed E-state index contributed by atoms with van der Waals surface area (Å²) in [5.74, 6) is 1.75. The zero-order chi connectivity index (χ0) is 20.2. The molecule has 1 atom stereocenters. The molecule has 29 heavy (non-hydrogen) atoms. The minimum absolute atomic E-state index is 0.181. The molecule has 150 valence electrons. The van der Waals surface area contributed by atoms with E-state index in [1.165, 1.54) is 0 Å². The number of nitrogens with zero attached hydrogens (tertiary/aromatic N) is 3. The molecule has 8 heteroatoms. The zero-order valence-corrected chi connectivity index (χ0v) is 17.6. The first-order chi connectivity index (χ1) is 14.1. The lowest BCUT2D eigenvalue weighted by molar-refractivity contribution is 0.193. The average molecular weight is 457 g/mol. The van der Waals surface area contributed by atoms with E-state index in [0.717, 1.165) is 28.6 Å². The van der Waals surface area contributed by atoms with Crippen LogP contribution in [0.4, 0.5) is 10.5 Å². The molecular weight excluding hydrogens is 436 g/mol. The van der Waals surface area contributed by atoms with Crippen LogP contribution in [-0.4, -0.2) is 34.2 Å². The molecule has 2 heterocycles. The normalized spacial score (nSPS) is 16.1. The molecule has 1 saturated heterocycles. The van der Waals surface area contributed by atoms with Gasteiger partial charge in [0.05, 0.1) is 6.61 Å². The number of urea groups is 1. The van der Waals surface area contributed by atoms with Gasteiger partial charge < -0.3 is 19.5 Å². The third kappa shape index (κ3) is 4.42. The molecule has 1 fully saturated rings. The van der Waals surface area contributed by atoms with Crippen LogP contribution in [0.3, 0.4) is 0 Å². The van der Waals surface area contributed by atoms with Crippen molar-refractivity contribution in [2.24, 2.45) is 0 Å². The molecule has 1 unspecified atom stereocenters. The first-order valence-corrected chi connectivity index (χ1v) is 10.3. The van der Waals surface area contributed by atoms with Crippen molar-refractivity contribution in [3.8, 4) is 17.1 Å². The summed E-state index contributed by atoms with van der Waals surface area (Å²) in [6, 6.07) is 14.6. The highest BCUT2D eigenvalue weighted by molar-refractivity contribution is 9.10. The molecule has 1 aliphatic heterocycles. The highest BCUT2D eigenvalue weighted by atomic mass is 79.9. The minimum Gasteiger partial charge on any atom is -0.494 e. The summed E-state index contributed by atoms with van der Waals surface area (Å²) in [5.41, 5.74) is 1.58. The number of halogens is 1. The Morgan fingerprint density at radius 1 is 1.24 bits per heavy atom. The zero-order valence-electron chi connectivity index (χ0n) is 16.0. The van der Waals surface area contributed by atoms with Crippen molar-refractivity contribution >= 4 is 27.6 Å². The minimum atomic E-state index is -0.227. The van der Waals surface area contributed by atoms with Gasteiger partial charge in [0.1, 0.15) is 11.8 Å². The predicted molar refractivity (Wildman–Crippen MR) is 113 cm³/mol. The third-order valence-electron chi connectivity index (χ3n) is 4.76. The van der Waals surface area contributed by atoms with Gasteiger partial charge in [-0.3, -0.25) is 0 Å². The Balaban J connectivity index is 1.46. The summed E-state index contributed by atoms with van der Waals surface area (Å²) < 4.78 is 11.9. The second-order valence-electron chi connectivity index (χ2n) is 6.70. The molecule has 1 aliphatic rings. The highest BCUT2D eigenvalue weighted by Gasteiger charge is 2.34. The van der Waals surface area contributed by atoms with Crippen LogP contribution in [0.1, 0.15) is 31.7 Å². The number of hydrogen-bond donors (Lipinski definition) is 1. The molecule has 1 N–H and O–H groups in total. The van der Waals surface area contributed by atoms with E-state index < -0.39 is 0 Å². The molecule has 0 saturated carbocycles. The number of carbonyl (C=O) groups is 1. The van der Waals surface area contributed by atoms with Crippen LogP contribution in [0.2, 0.25) is 0 Å². The number of hydrogen-bond acceptors (Lipinski definition) is 5. The van der Waals surface area contributed by atoms with Crippen molar-refractivity contribution in [2.75, 3.05) is 18.5 Å². The van der Waals surface area contributed by atoms with Crippen LogP contribution in [0.15, 0.2) is 57.5 Å². The second-order valence-corrected chi connectivity index (χ2v) is 7.62. The van der Waals surface area contributed by atoms with Crippen molar-refractivity contribution < 1.29 is 14.1 Å². The van der Waals surface area contributed by atoms with Gasteiger partial charge in [0.25, 0.3) is 0 Å². The number of carbonyl (C=O) groups excluding carboxylic acids is 1. The smallest absolute Gasteiger partial charge is 0.322 e. The van der Waals surface area contributed by atoms with Gasteiger partial charge in [0, 0.05) is 22.3 Å². The molecular formula is C21H21BrN4O3. The Labute approximate surface area is 177 Å². The molecule has 2 amide bonds. The molecule has 7 nitrogen and oxygen atoms in total. The maximum Gasteiger partial charge on any atom is 0.322 e. The summed E-state index contributed by atoms with van der Waals surface area (Å²) >= 11 is 3.42. The Kier molecular flexibility index (Phi) is 5.80. The topological polar surface area (TPSA) is 80.5 Å². The van der Waals surface area contributed by atoms with Crippen molar-refractivity contribution in [2.45, 2.75) is 25.8 Å². The Morgan fingerprint density at radius 2 is 2.00 bits per heavy atom. The Bertz CT molecular complexity index is 972. The van der Waals surface area contributed by atoms with Crippen LogP contribution >= 0.6 is 15.9 Å². The van der Waals surface area contributed by atoms with Gasteiger partial charge >= 0.3 is 6.03 Å². The standard InChI is InChI=1S/C21H21BrN4O3/c1-2-28-17-11-9-16(10-12-17)23-21(27)26-13-3-4-18(26)20-24-19(25-29-20)14-5-7-15(22)8-6-14/h5-12,18H,2-4,13H2,1H3,(H,23,27). The SMILES string of the molecule is CCOc1ccc(NC(=O)N2CCCC2c2nc(-c3ccc(Br)cc3)no2)cc1. The van der Waals surface area contributed by atoms with Gasteiger partial charge in [-0.05, 0) is 68.3 Å². The van der Waals surface area contributed by atoms with Crippen LogP contribution in [0.5, 0.6) is 5.75 Å². The van der Waals surface area contributed by atoms with Crippen molar-refractivity contribution in [1.82, 2.24) is 15.0 Å². The number of rotatable bonds is 5. The fourth-order valence-corrected chi connectivity index (χ4v) is 3.61.